The van der Waals surface area contributed by atoms with Crippen LogP contribution in [0.3, 0.4) is 0 Å². The van der Waals surface area contributed by atoms with Crippen LogP contribution < -0.4 is 0 Å². The number of oxazole rings is 1. The highest BCUT2D eigenvalue weighted by atomic mass is 19.1. The summed E-state index contributed by atoms with van der Waals surface area (Å²) in [5, 5.41) is 0. The maximum Gasteiger partial charge on any atom is 0.256 e. The average Bonchev–Trinajstić information content (AvgIpc) is 3.15. The van der Waals surface area contributed by atoms with E-state index in [-0.39, 0.29) is 17.4 Å². The second-order valence-corrected chi connectivity index (χ2v) is 6.10. The van der Waals surface area contributed by atoms with Crippen LogP contribution >= 0.6 is 0 Å². The van der Waals surface area contributed by atoms with Crippen LogP contribution in [0.2, 0.25) is 0 Å². The summed E-state index contributed by atoms with van der Waals surface area (Å²) in [6.45, 7) is 1.53. The molecule has 132 valence electrons. The highest BCUT2D eigenvalue weighted by Crippen LogP contribution is 2.17. The molecule has 0 N–H and O–H groups in total. The first kappa shape index (κ1) is 16.3. The molecule has 1 saturated heterocycles. The number of piperazine rings is 1. The van der Waals surface area contributed by atoms with Crippen molar-refractivity contribution in [2.45, 2.75) is 0 Å². The van der Waals surface area contributed by atoms with Gasteiger partial charge in [0.2, 0.25) is 0 Å². The van der Waals surface area contributed by atoms with Crippen LogP contribution in [-0.4, -0.2) is 52.8 Å². The zero-order valence-corrected chi connectivity index (χ0v) is 13.9. The first-order chi connectivity index (χ1) is 12.6. The van der Waals surface area contributed by atoms with Gasteiger partial charge >= 0.3 is 0 Å². The van der Waals surface area contributed by atoms with Crippen molar-refractivity contribution in [3.63, 3.8) is 0 Å². The Kier molecular flexibility index (Phi) is 4.12. The molecule has 4 rings (SSSR count). The Hall–Kier alpha value is -3.22. The number of benzene rings is 2. The molecule has 1 aromatic heterocycles. The Bertz CT molecular complexity index is 977. The van der Waals surface area contributed by atoms with Crippen LogP contribution in [0.1, 0.15) is 20.7 Å². The Morgan fingerprint density at radius 2 is 1.65 bits per heavy atom. The Labute approximate surface area is 148 Å². The molecule has 2 aromatic carbocycles. The smallest absolute Gasteiger partial charge is 0.256 e. The fourth-order valence-corrected chi connectivity index (χ4v) is 3.09. The molecule has 1 fully saturated rings. The number of halogens is 1. The predicted octanol–water partition coefficient (Wildman–Crippen LogP) is 2.57. The van der Waals surface area contributed by atoms with Crippen molar-refractivity contribution in [1.82, 2.24) is 14.8 Å². The normalized spacial score (nSPS) is 14.7. The van der Waals surface area contributed by atoms with Gasteiger partial charge in [-0.2, -0.15) is 0 Å². The molecule has 3 aromatic rings. The van der Waals surface area contributed by atoms with Crippen LogP contribution in [-0.2, 0) is 0 Å². The summed E-state index contributed by atoms with van der Waals surface area (Å²) in [5.74, 6) is -0.996. The van der Waals surface area contributed by atoms with Crippen molar-refractivity contribution < 1.29 is 18.4 Å². The van der Waals surface area contributed by atoms with Gasteiger partial charge in [0, 0.05) is 31.7 Å². The van der Waals surface area contributed by atoms with Crippen molar-refractivity contribution in [2.24, 2.45) is 0 Å². The standard InChI is InChI=1S/C19H16FN3O3/c20-15-4-2-1-3-14(15)19(25)23-9-7-22(8-10-23)18(24)13-5-6-17-16(11-13)21-12-26-17/h1-6,11-12H,7-10H2. The SMILES string of the molecule is O=C(c1ccc2ocnc2c1)N1CCN(C(=O)c2ccccc2F)CC1. The quantitative estimate of drug-likeness (QED) is 0.710. The highest BCUT2D eigenvalue weighted by Gasteiger charge is 2.26. The maximum absolute atomic E-state index is 13.8. The van der Waals surface area contributed by atoms with E-state index in [1.54, 1.807) is 40.1 Å². The van der Waals surface area contributed by atoms with E-state index in [2.05, 4.69) is 4.98 Å². The molecule has 0 atom stereocenters. The molecule has 26 heavy (non-hydrogen) atoms. The van der Waals surface area contributed by atoms with Crippen LogP contribution in [0.25, 0.3) is 11.1 Å². The van der Waals surface area contributed by atoms with E-state index in [1.807, 2.05) is 0 Å². The lowest BCUT2D eigenvalue weighted by molar-refractivity contribution is 0.0533. The predicted molar refractivity (Wildman–Crippen MR) is 92.2 cm³/mol. The maximum atomic E-state index is 13.8. The number of amides is 2. The van der Waals surface area contributed by atoms with E-state index < -0.39 is 5.82 Å². The summed E-state index contributed by atoms with van der Waals surface area (Å²) in [6.07, 6.45) is 1.34. The average molecular weight is 353 g/mol. The topological polar surface area (TPSA) is 66.7 Å². The van der Waals surface area contributed by atoms with Crippen LogP contribution in [0, 0.1) is 5.82 Å². The largest absolute Gasteiger partial charge is 0.443 e. The van der Waals surface area contributed by atoms with Gasteiger partial charge in [0.15, 0.2) is 12.0 Å². The molecule has 1 aliphatic heterocycles. The van der Waals surface area contributed by atoms with Crippen molar-refractivity contribution >= 4 is 22.9 Å². The van der Waals surface area contributed by atoms with Crippen molar-refractivity contribution in [2.75, 3.05) is 26.2 Å². The van der Waals surface area contributed by atoms with Crippen molar-refractivity contribution in [3.8, 4) is 0 Å². The second-order valence-electron chi connectivity index (χ2n) is 6.10. The number of carbonyl (C=O) groups excluding carboxylic acids is 2. The highest BCUT2D eigenvalue weighted by molar-refractivity contribution is 5.98. The Morgan fingerprint density at radius 3 is 2.38 bits per heavy atom. The fourth-order valence-electron chi connectivity index (χ4n) is 3.09. The number of carbonyl (C=O) groups is 2. The third kappa shape index (κ3) is 2.92. The summed E-state index contributed by atoms with van der Waals surface area (Å²) in [4.78, 5) is 32.4. The van der Waals surface area contributed by atoms with Gasteiger partial charge in [-0.15, -0.1) is 0 Å². The van der Waals surface area contributed by atoms with Gasteiger partial charge in [0.1, 0.15) is 11.3 Å². The number of fused-ring (bicyclic) bond motifs is 1. The molecule has 0 saturated carbocycles. The molecule has 0 unspecified atom stereocenters. The number of aromatic nitrogens is 1. The molecule has 0 aliphatic carbocycles. The molecule has 6 nitrogen and oxygen atoms in total. The number of hydrogen-bond donors (Lipinski definition) is 0. The van der Waals surface area contributed by atoms with E-state index in [0.29, 0.717) is 42.8 Å². The molecule has 0 spiro atoms. The molecule has 0 radical (unpaired) electrons. The Morgan fingerprint density at radius 1 is 0.962 bits per heavy atom. The lowest BCUT2D eigenvalue weighted by atomic mass is 10.1. The molecule has 7 heteroatoms. The first-order valence-electron chi connectivity index (χ1n) is 8.30. The zero-order valence-electron chi connectivity index (χ0n) is 13.9. The van der Waals surface area contributed by atoms with Gasteiger partial charge in [0.25, 0.3) is 11.8 Å². The number of rotatable bonds is 2. The summed E-state index contributed by atoms with van der Waals surface area (Å²) < 4.78 is 19.0. The molecular weight excluding hydrogens is 337 g/mol. The third-order valence-electron chi connectivity index (χ3n) is 4.54. The van der Waals surface area contributed by atoms with Gasteiger partial charge < -0.3 is 14.2 Å². The summed E-state index contributed by atoms with van der Waals surface area (Å²) >= 11 is 0. The summed E-state index contributed by atoms with van der Waals surface area (Å²) in [7, 11) is 0. The summed E-state index contributed by atoms with van der Waals surface area (Å²) in [5.41, 5.74) is 1.84. The van der Waals surface area contributed by atoms with E-state index >= 15 is 0 Å². The fraction of sp³-hybridized carbons (Fsp3) is 0.211. The molecule has 1 aliphatic rings. The van der Waals surface area contributed by atoms with E-state index in [1.165, 1.54) is 18.5 Å². The number of nitrogens with zero attached hydrogens (tertiary/aromatic N) is 3. The van der Waals surface area contributed by atoms with Gasteiger partial charge in [-0.3, -0.25) is 9.59 Å². The number of hydrogen-bond acceptors (Lipinski definition) is 4. The van der Waals surface area contributed by atoms with Gasteiger partial charge in [-0.1, -0.05) is 12.1 Å². The summed E-state index contributed by atoms with van der Waals surface area (Å²) in [6, 6.07) is 11.0. The molecule has 2 heterocycles. The van der Waals surface area contributed by atoms with Crippen LogP contribution in [0.15, 0.2) is 53.3 Å². The first-order valence-corrected chi connectivity index (χ1v) is 8.30. The van der Waals surface area contributed by atoms with Crippen molar-refractivity contribution in [1.29, 1.82) is 0 Å². The molecule has 0 bridgehead atoms. The van der Waals surface area contributed by atoms with Crippen LogP contribution in [0.5, 0.6) is 0 Å². The monoisotopic (exact) mass is 353 g/mol. The van der Waals surface area contributed by atoms with E-state index in [4.69, 9.17) is 4.42 Å². The van der Waals surface area contributed by atoms with Gasteiger partial charge in [-0.25, -0.2) is 9.37 Å². The van der Waals surface area contributed by atoms with E-state index in [0.717, 1.165) is 0 Å². The third-order valence-corrected chi connectivity index (χ3v) is 4.54. The molecule has 2 amide bonds. The Balaban J connectivity index is 1.43. The van der Waals surface area contributed by atoms with E-state index in [9.17, 15) is 14.0 Å². The van der Waals surface area contributed by atoms with Gasteiger partial charge in [0.05, 0.1) is 5.56 Å². The van der Waals surface area contributed by atoms with Crippen LogP contribution in [0.4, 0.5) is 4.39 Å². The molecular formula is C19H16FN3O3. The zero-order chi connectivity index (χ0) is 18.1. The van der Waals surface area contributed by atoms with Gasteiger partial charge in [-0.05, 0) is 30.3 Å². The minimum Gasteiger partial charge on any atom is -0.443 e. The lowest BCUT2D eigenvalue weighted by Gasteiger charge is -2.34. The van der Waals surface area contributed by atoms with Crippen molar-refractivity contribution in [3.05, 3.63) is 65.8 Å². The minimum atomic E-state index is -0.531. The lowest BCUT2D eigenvalue weighted by Crippen LogP contribution is -2.50. The second kappa shape index (κ2) is 6.59. The minimum absolute atomic E-state index is 0.0590.